The van der Waals surface area contributed by atoms with Gasteiger partial charge in [0.25, 0.3) is 0 Å². The monoisotopic (exact) mass is 344 g/mol. The number of H-pyrrole nitrogens is 1. The second kappa shape index (κ2) is 6.46. The summed E-state index contributed by atoms with van der Waals surface area (Å²) in [5, 5.41) is 13.6. The number of sulfone groups is 1. The molecule has 0 fully saturated rings. The van der Waals surface area contributed by atoms with Crippen LogP contribution in [0.4, 0.5) is 0 Å². The standard InChI is InChI=1S/C15H16N6O2S/c1-24(22,23)13-4-2-3-12(14(13)15-18-20-21-19-15)10-5-6-11(7-8-16)17-9-10/h2-6,9H,7-8,16H2,1H3,(H,18,19,20,21). The SMILES string of the molecule is CS(=O)(=O)c1cccc(-c2ccc(CCN)nc2)c1-c1nnn[nH]1. The van der Waals surface area contributed by atoms with Crippen molar-refractivity contribution in [2.24, 2.45) is 5.73 Å². The second-order valence-corrected chi connectivity index (χ2v) is 7.26. The van der Waals surface area contributed by atoms with Gasteiger partial charge in [0.2, 0.25) is 0 Å². The average molecular weight is 344 g/mol. The molecule has 8 nitrogen and oxygen atoms in total. The van der Waals surface area contributed by atoms with Crippen molar-refractivity contribution in [1.82, 2.24) is 25.6 Å². The predicted molar refractivity (Wildman–Crippen MR) is 88.7 cm³/mol. The summed E-state index contributed by atoms with van der Waals surface area (Å²) in [6, 6.07) is 8.79. The lowest BCUT2D eigenvalue weighted by Gasteiger charge is -2.12. The first-order valence-electron chi connectivity index (χ1n) is 7.23. The van der Waals surface area contributed by atoms with Gasteiger partial charge in [-0.25, -0.2) is 13.5 Å². The van der Waals surface area contributed by atoms with Crippen molar-refractivity contribution in [3.05, 3.63) is 42.2 Å². The quantitative estimate of drug-likeness (QED) is 0.701. The van der Waals surface area contributed by atoms with Crippen molar-refractivity contribution in [1.29, 1.82) is 0 Å². The van der Waals surface area contributed by atoms with Crippen LogP contribution in [0.15, 0.2) is 41.4 Å². The van der Waals surface area contributed by atoms with E-state index < -0.39 is 9.84 Å². The van der Waals surface area contributed by atoms with E-state index >= 15 is 0 Å². The number of tetrazole rings is 1. The van der Waals surface area contributed by atoms with Gasteiger partial charge in [0.05, 0.1) is 4.90 Å². The lowest BCUT2D eigenvalue weighted by atomic mass is 10.00. The minimum atomic E-state index is -3.46. The molecule has 0 bridgehead atoms. The third-order valence-electron chi connectivity index (χ3n) is 3.54. The maximum absolute atomic E-state index is 12.2. The Bertz CT molecular complexity index is 937. The number of nitrogens with two attached hydrogens (primary N) is 1. The number of benzene rings is 1. The van der Waals surface area contributed by atoms with Gasteiger partial charge < -0.3 is 5.73 Å². The molecule has 3 rings (SSSR count). The van der Waals surface area contributed by atoms with Crippen LogP contribution < -0.4 is 5.73 Å². The topological polar surface area (TPSA) is 128 Å². The molecule has 3 aromatic rings. The van der Waals surface area contributed by atoms with Gasteiger partial charge in [-0.05, 0) is 34.7 Å². The van der Waals surface area contributed by atoms with Crippen molar-refractivity contribution < 1.29 is 8.42 Å². The third kappa shape index (κ3) is 3.17. The van der Waals surface area contributed by atoms with Crippen LogP contribution in [0.1, 0.15) is 5.69 Å². The Hall–Kier alpha value is -2.65. The van der Waals surface area contributed by atoms with Gasteiger partial charge in [0, 0.05) is 35.7 Å². The van der Waals surface area contributed by atoms with Crippen molar-refractivity contribution >= 4 is 9.84 Å². The molecular weight excluding hydrogens is 328 g/mol. The van der Waals surface area contributed by atoms with E-state index in [1.165, 1.54) is 6.07 Å². The minimum Gasteiger partial charge on any atom is -0.330 e. The van der Waals surface area contributed by atoms with Gasteiger partial charge in [-0.15, -0.1) is 5.10 Å². The fraction of sp³-hybridized carbons (Fsp3) is 0.200. The molecule has 0 saturated carbocycles. The molecule has 0 saturated heterocycles. The molecule has 2 aromatic heterocycles. The van der Waals surface area contributed by atoms with Gasteiger partial charge in [-0.2, -0.15) is 0 Å². The van der Waals surface area contributed by atoms with E-state index in [2.05, 4.69) is 25.6 Å². The molecule has 0 aliphatic carbocycles. The van der Waals surface area contributed by atoms with Crippen LogP contribution in [0, 0.1) is 0 Å². The highest BCUT2D eigenvalue weighted by Crippen LogP contribution is 2.34. The van der Waals surface area contributed by atoms with Crippen molar-refractivity contribution in [3.63, 3.8) is 0 Å². The third-order valence-corrected chi connectivity index (χ3v) is 4.68. The van der Waals surface area contributed by atoms with Crippen molar-refractivity contribution in [2.75, 3.05) is 12.8 Å². The summed E-state index contributed by atoms with van der Waals surface area (Å²) in [6.07, 6.45) is 3.53. The van der Waals surface area contributed by atoms with Crippen LogP contribution in [0.3, 0.4) is 0 Å². The smallest absolute Gasteiger partial charge is 0.181 e. The summed E-state index contributed by atoms with van der Waals surface area (Å²) < 4.78 is 24.3. The van der Waals surface area contributed by atoms with E-state index in [4.69, 9.17) is 5.73 Å². The van der Waals surface area contributed by atoms with Crippen LogP contribution in [0.25, 0.3) is 22.5 Å². The summed E-state index contributed by atoms with van der Waals surface area (Å²) in [5.74, 6) is 0.289. The normalized spacial score (nSPS) is 11.6. The number of hydrogen-bond donors (Lipinski definition) is 2. The number of rotatable bonds is 5. The first-order chi connectivity index (χ1) is 11.5. The highest BCUT2D eigenvalue weighted by atomic mass is 32.2. The fourth-order valence-corrected chi connectivity index (χ4v) is 3.37. The van der Waals surface area contributed by atoms with Crippen LogP contribution in [0.5, 0.6) is 0 Å². The number of aromatic nitrogens is 5. The molecule has 24 heavy (non-hydrogen) atoms. The Morgan fingerprint density at radius 3 is 2.62 bits per heavy atom. The van der Waals surface area contributed by atoms with Crippen LogP contribution in [-0.4, -0.2) is 46.8 Å². The molecule has 0 aliphatic heterocycles. The molecule has 0 spiro atoms. The molecule has 0 unspecified atom stereocenters. The Kier molecular flexibility index (Phi) is 4.36. The van der Waals surface area contributed by atoms with E-state index in [9.17, 15) is 8.42 Å². The number of hydrogen-bond acceptors (Lipinski definition) is 7. The van der Waals surface area contributed by atoms with Gasteiger partial charge in [0.15, 0.2) is 15.7 Å². The minimum absolute atomic E-state index is 0.157. The first-order valence-corrected chi connectivity index (χ1v) is 9.12. The number of aromatic amines is 1. The Balaban J connectivity index is 2.21. The Morgan fingerprint density at radius 2 is 2.04 bits per heavy atom. The van der Waals surface area contributed by atoms with Gasteiger partial charge in [-0.3, -0.25) is 4.98 Å². The Labute approximate surface area is 139 Å². The Morgan fingerprint density at radius 1 is 1.21 bits per heavy atom. The number of nitrogens with one attached hydrogen (secondary N) is 1. The van der Waals surface area contributed by atoms with E-state index in [-0.39, 0.29) is 10.7 Å². The van der Waals surface area contributed by atoms with Crippen LogP contribution >= 0.6 is 0 Å². The van der Waals surface area contributed by atoms with E-state index in [0.717, 1.165) is 17.5 Å². The first kappa shape index (κ1) is 16.2. The van der Waals surface area contributed by atoms with Gasteiger partial charge >= 0.3 is 0 Å². The molecule has 0 amide bonds. The second-order valence-electron chi connectivity index (χ2n) is 5.28. The molecular formula is C15H16N6O2S. The molecule has 3 N–H and O–H groups in total. The van der Waals surface area contributed by atoms with E-state index in [0.29, 0.717) is 24.1 Å². The van der Waals surface area contributed by atoms with Gasteiger partial charge in [-0.1, -0.05) is 18.2 Å². The van der Waals surface area contributed by atoms with Crippen molar-refractivity contribution in [2.45, 2.75) is 11.3 Å². The maximum atomic E-state index is 12.2. The molecule has 1 aromatic carbocycles. The molecule has 9 heteroatoms. The molecule has 2 heterocycles. The fourth-order valence-electron chi connectivity index (χ4n) is 2.47. The zero-order chi connectivity index (χ0) is 17.2. The number of pyridine rings is 1. The summed E-state index contributed by atoms with van der Waals surface area (Å²) in [4.78, 5) is 4.52. The van der Waals surface area contributed by atoms with Crippen LogP contribution in [0.2, 0.25) is 0 Å². The molecule has 0 radical (unpaired) electrons. The largest absolute Gasteiger partial charge is 0.330 e. The predicted octanol–water partition coefficient (Wildman–Crippen LogP) is 0.833. The summed E-state index contributed by atoms with van der Waals surface area (Å²) >= 11 is 0. The van der Waals surface area contributed by atoms with Gasteiger partial charge in [0.1, 0.15) is 0 Å². The highest BCUT2D eigenvalue weighted by Gasteiger charge is 2.21. The zero-order valence-corrected chi connectivity index (χ0v) is 13.8. The van der Waals surface area contributed by atoms with Crippen LogP contribution in [-0.2, 0) is 16.3 Å². The molecule has 124 valence electrons. The summed E-state index contributed by atoms with van der Waals surface area (Å²) in [7, 11) is -3.46. The lowest BCUT2D eigenvalue weighted by Crippen LogP contribution is -2.04. The maximum Gasteiger partial charge on any atom is 0.181 e. The number of nitrogens with zero attached hydrogens (tertiary/aromatic N) is 4. The molecule has 0 aliphatic rings. The van der Waals surface area contributed by atoms with E-state index in [1.807, 2.05) is 18.2 Å². The van der Waals surface area contributed by atoms with E-state index in [1.54, 1.807) is 12.3 Å². The zero-order valence-electron chi connectivity index (χ0n) is 13.0. The molecule has 0 atom stereocenters. The highest BCUT2D eigenvalue weighted by molar-refractivity contribution is 7.90. The summed E-state index contributed by atoms with van der Waals surface area (Å²) in [6.45, 7) is 0.519. The van der Waals surface area contributed by atoms with Crippen molar-refractivity contribution in [3.8, 4) is 22.5 Å². The lowest BCUT2D eigenvalue weighted by molar-refractivity contribution is 0.602. The summed E-state index contributed by atoms with van der Waals surface area (Å²) in [5.41, 5.74) is 8.29. The average Bonchev–Trinajstić information content (AvgIpc) is 3.08.